The molecule has 13 nitrogen and oxygen atoms in total. The second-order valence-corrected chi connectivity index (χ2v) is 29.0. The molecule has 6 N–H and O–H groups in total. The summed E-state index contributed by atoms with van der Waals surface area (Å²) in [5.74, 6) is -0.404. The number of carbonyl (C=O) groups is 3. The number of nitrogens with one attached hydrogen (secondary N) is 2. The molecular formula is C72H83B2N6O7Si+. The summed E-state index contributed by atoms with van der Waals surface area (Å²) in [5, 5.41) is 55.3. The van der Waals surface area contributed by atoms with E-state index in [2.05, 4.69) is 175 Å². The summed E-state index contributed by atoms with van der Waals surface area (Å²) in [6, 6.07) is 43.5. The fourth-order valence-electron chi connectivity index (χ4n) is 12.4. The van der Waals surface area contributed by atoms with Gasteiger partial charge in [-0.15, -0.1) is 0 Å². The topological polar surface area (TPSA) is 169 Å². The number of Topliss-reactive ketones (excluding diaryl/α,β-unsaturated/α-hetero) is 1. The predicted molar refractivity (Wildman–Crippen MR) is 365 cm³/mol. The van der Waals surface area contributed by atoms with Crippen LogP contribution in [0.4, 0.5) is 5.69 Å². The van der Waals surface area contributed by atoms with E-state index >= 15 is 0 Å². The van der Waals surface area contributed by atoms with Crippen LogP contribution in [-0.2, 0) is 47.0 Å². The first-order valence-corrected chi connectivity index (χ1v) is 33.3. The summed E-state index contributed by atoms with van der Waals surface area (Å²) in [6.45, 7) is 20.9. The molecule has 0 spiro atoms. The molecule has 2 aliphatic rings. The molecule has 1 aliphatic heterocycles. The Balaban J connectivity index is 1.24. The Hall–Kier alpha value is -8.05. The van der Waals surface area contributed by atoms with Crippen molar-refractivity contribution in [3.63, 3.8) is 0 Å². The Morgan fingerprint density at radius 3 is 1.61 bits per heavy atom. The van der Waals surface area contributed by atoms with Gasteiger partial charge in [0.25, 0.3) is 0 Å². The maximum atomic E-state index is 12.9. The van der Waals surface area contributed by atoms with Crippen LogP contribution in [0.25, 0.3) is 38.2 Å². The van der Waals surface area contributed by atoms with Gasteiger partial charge in [0.2, 0.25) is 11.8 Å². The van der Waals surface area contributed by atoms with E-state index in [0.717, 1.165) is 66.1 Å². The van der Waals surface area contributed by atoms with E-state index in [4.69, 9.17) is 0 Å². The first-order valence-electron chi connectivity index (χ1n) is 30.3. The average molecular weight is 1190 g/mol. The van der Waals surface area contributed by atoms with Crippen LogP contribution in [-0.4, -0.2) is 134 Å². The molecule has 0 fully saturated rings. The fraction of sp³-hybridized carbons (Fsp3) is 0.278. The van der Waals surface area contributed by atoms with E-state index in [1.807, 2.05) is 30.3 Å². The van der Waals surface area contributed by atoms with Crippen LogP contribution in [0.15, 0.2) is 181 Å². The van der Waals surface area contributed by atoms with Crippen LogP contribution in [0.3, 0.4) is 0 Å². The number of fused-ring (bicyclic) bond motifs is 4. The van der Waals surface area contributed by atoms with Crippen LogP contribution in [0.2, 0.25) is 13.1 Å². The molecule has 0 aromatic heterocycles. The number of hydrogen-bond acceptors (Lipinski definition) is 10. The highest BCUT2D eigenvalue weighted by molar-refractivity contribution is 6.98. The molecule has 0 unspecified atom stereocenters. The lowest BCUT2D eigenvalue weighted by Gasteiger charge is -2.38. The lowest BCUT2D eigenvalue weighted by Crippen LogP contribution is -2.49. The number of ketones is 1. The molecule has 0 radical (unpaired) electrons. The molecule has 9 rings (SSSR count). The van der Waals surface area contributed by atoms with E-state index in [0.29, 0.717) is 87.3 Å². The first kappa shape index (κ1) is 64.4. The fourth-order valence-corrected chi connectivity index (χ4v) is 15.5. The van der Waals surface area contributed by atoms with Crippen molar-refractivity contribution in [2.75, 3.05) is 59.3 Å². The normalized spacial score (nSPS) is 13.4. The van der Waals surface area contributed by atoms with Crippen molar-refractivity contribution in [1.29, 1.82) is 0 Å². The maximum absolute atomic E-state index is 12.9. The Morgan fingerprint density at radius 2 is 1.10 bits per heavy atom. The molecule has 1 heterocycles. The van der Waals surface area contributed by atoms with Crippen molar-refractivity contribution in [2.24, 2.45) is 0 Å². The molecule has 2 amide bonds. The minimum atomic E-state index is -2.18. The van der Waals surface area contributed by atoms with E-state index in [9.17, 15) is 34.5 Å². The van der Waals surface area contributed by atoms with Crippen molar-refractivity contribution in [1.82, 2.24) is 20.4 Å². The van der Waals surface area contributed by atoms with Crippen molar-refractivity contribution in [3.8, 4) is 11.1 Å². The SMILES string of the molecule is C=C(C)C(=O)NCCCN(Cc1ccccc1B(O)O)Cc1c2ccc(-c3ccc(C4=C5C=CC(=[N+](C)C)C=C5[Si](C)(C)c5cc(N(C)C)ccc54)cc3)cc2c(CN(CCCNC(=O)C(=C)C)Cc2ccccc2B(O)O)c2ccc(CC(C)=O)cc12. The van der Waals surface area contributed by atoms with Crippen LogP contribution in [0.5, 0.6) is 0 Å². The highest BCUT2D eigenvalue weighted by atomic mass is 28.3. The third-order valence-electron chi connectivity index (χ3n) is 17.2. The van der Waals surface area contributed by atoms with Gasteiger partial charge in [-0.25, -0.2) is 4.58 Å². The summed E-state index contributed by atoms with van der Waals surface area (Å²) < 4.78 is 2.18. The zero-order valence-electron chi connectivity index (χ0n) is 52.5. The summed E-state index contributed by atoms with van der Waals surface area (Å²) >= 11 is 0. The molecule has 7 aromatic rings. The van der Waals surface area contributed by atoms with Gasteiger partial charge in [-0.3, -0.25) is 24.2 Å². The molecule has 0 saturated heterocycles. The molecule has 1 aliphatic carbocycles. The van der Waals surface area contributed by atoms with Crippen molar-refractivity contribution >= 4 is 94.5 Å². The summed E-state index contributed by atoms with van der Waals surface area (Å²) in [6.07, 6.45) is 8.34. The maximum Gasteiger partial charge on any atom is 0.488 e. The van der Waals surface area contributed by atoms with Crippen LogP contribution in [0, 0.1) is 0 Å². The van der Waals surface area contributed by atoms with Gasteiger partial charge in [0, 0.05) is 102 Å². The van der Waals surface area contributed by atoms with Gasteiger partial charge in [-0.05, 0) is 162 Å². The molecule has 0 saturated carbocycles. The van der Waals surface area contributed by atoms with E-state index in [1.165, 1.54) is 38.5 Å². The zero-order valence-corrected chi connectivity index (χ0v) is 53.5. The number of amides is 2. The monoisotopic (exact) mass is 1190 g/mol. The smallest absolute Gasteiger partial charge is 0.423 e. The third kappa shape index (κ3) is 14.6. The van der Waals surface area contributed by atoms with E-state index in [-0.39, 0.29) is 24.0 Å². The van der Waals surface area contributed by atoms with Gasteiger partial charge in [-0.1, -0.05) is 135 Å². The van der Waals surface area contributed by atoms with Gasteiger partial charge in [0.15, 0.2) is 5.71 Å². The Bertz CT molecular complexity index is 3990. The number of carbonyl (C=O) groups excluding carboxylic acids is 3. The largest absolute Gasteiger partial charge is 0.488 e. The van der Waals surface area contributed by atoms with Crippen molar-refractivity contribution < 1.29 is 39.1 Å². The lowest BCUT2D eigenvalue weighted by atomic mass is 9.77. The summed E-state index contributed by atoms with van der Waals surface area (Å²) in [5.41, 5.74) is 15.3. The number of allylic oxidation sites excluding steroid dienone is 5. The molecule has 0 atom stereocenters. The van der Waals surface area contributed by atoms with Gasteiger partial charge in [-0.2, -0.15) is 0 Å². The van der Waals surface area contributed by atoms with Crippen LogP contribution in [0.1, 0.15) is 72.6 Å². The molecule has 16 heteroatoms. The van der Waals surface area contributed by atoms with Gasteiger partial charge >= 0.3 is 14.2 Å². The van der Waals surface area contributed by atoms with Gasteiger partial charge in [0.05, 0.1) is 0 Å². The zero-order chi connectivity index (χ0) is 63.1. The van der Waals surface area contributed by atoms with Crippen LogP contribution >= 0.6 is 0 Å². The molecule has 452 valence electrons. The van der Waals surface area contributed by atoms with Crippen LogP contribution < -0.4 is 31.6 Å². The molecule has 7 aromatic carbocycles. The number of anilines is 1. The Labute approximate surface area is 520 Å². The number of rotatable bonds is 25. The Morgan fingerprint density at radius 1 is 0.591 bits per heavy atom. The van der Waals surface area contributed by atoms with Gasteiger partial charge < -0.3 is 35.6 Å². The summed E-state index contributed by atoms with van der Waals surface area (Å²) in [7, 11) is 2.83. The van der Waals surface area contributed by atoms with Gasteiger partial charge in [0.1, 0.15) is 28.0 Å². The number of benzene rings is 7. The number of hydrogen-bond donors (Lipinski definition) is 6. The second kappa shape index (κ2) is 28.0. The predicted octanol–water partition coefficient (Wildman–Crippen LogP) is 7.87. The highest BCUT2D eigenvalue weighted by Crippen LogP contribution is 2.43. The van der Waals surface area contributed by atoms with Crippen molar-refractivity contribution in [2.45, 2.75) is 79.3 Å². The minimum absolute atomic E-state index is 0.0303. The quantitative estimate of drug-likeness (QED) is 0.0109. The Kier molecular flexibility index (Phi) is 20.5. The third-order valence-corrected chi connectivity index (χ3v) is 20.7. The number of nitrogens with zero attached hydrogens (tertiary/aromatic N) is 4. The first-order chi connectivity index (χ1) is 42.0. The lowest BCUT2D eigenvalue weighted by molar-refractivity contribution is -0.462. The molecule has 0 bridgehead atoms. The van der Waals surface area contributed by atoms with Crippen molar-refractivity contribution in [3.05, 3.63) is 220 Å². The highest BCUT2D eigenvalue weighted by Gasteiger charge is 2.40. The minimum Gasteiger partial charge on any atom is -0.423 e. The average Bonchev–Trinajstić information content (AvgIpc) is 0.908. The summed E-state index contributed by atoms with van der Waals surface area (Å²) in [4.78, 5) is 45.1. The second-order valence-electron chi connectivity index (χ2n) is 24.6. The molecular weight excluding hydrogens is 1110 g/mol. The molecule has 88 heavy (non-hydrogen) atoms. The standard InChI is InChI=1S/C72H82B2N6O7Si/c1-47(2)71(82)75-34-16-36-79(43-54-18-12-14-20-66(54)73(84)85)45-64-59-31-27-53(51-23-25-52(26-24-51)70-60-32-28-56(77(6)7)41-68(60)88(10,11)69-42-57(78(8)9)29-33-61(69)70)40-63(59)65(58-30-22-50(38-49(5)81)39-62(58)64)46-80(37-17-35-76-72(83)48(3)4)44-55-19-13-15-21-67(55)74(86)87/h12-15,18-33,39-42,84-87H,1,3,16-17,34-38,43-46H2,2,4-11H3,(H-,75,76,82,83)/p+1. The van der Waals surface area contributed by atoms with E-state index in [1.54, 1.807) is 45.0 Å². The van der Waals surface area contributed by atoms with E-state index < -0.39 is 22.3 Å².